The second-order valence-corrected chi connectivity index (χ2v) is 3.87. The van der Waals surface area contributed by atoms with E-state index in [2.05, 4.69) is 15.9 Å². The predicted molar refractivity (Wildman–Crippen MR) is 53.5 cm³/mol. The molecule has 0 saturated carbocycles. The van der Waals surface area contributed by atoms with Crippen LogP contribution in [0.4, 0.5) is 4.39 Å². The normalized spacial score (nSPS) is 12.5. The third kappa shape index (κ3) is 2.04. The highest BCUT2D eigenvalue weighted by atomic mass is 79.9. The fourth-order valence-electron chi connectivity index (χ4n) is 1.08. The number of phenols is 2. The van der Waals surface area contributed by atoms with E-state index in [4.69, 9.17) is 10.2 Å². The molecule has 1 aromatic carbocycles. The molecule has 0 aliphatic carbocycles. The average molecular weight is 279 g/mol. The Bertz CT molecular complexity index is 419. The number of phenolic OH excluding ortho intramolecular Hbond substituents is 2. The van der Waals surface area contributed by atoms with Gasteiger partial charge in [0.05, 0.1) is 10.4 Å². The molecule has 0 aliphatic heterocycles. The Kier molecular flexibility index (Phi) is 3.18. The molecule has 1 aromatic rings. The van der Waals surface area contributed by atoms with Crippen LogP contribution in [0.1, 0.15) is 18.4 Å². The molecule has 0 radical (unpaired) electrons. The Hall–Kier alpha value is -1.30. The van der Waals surface area contributed by atoms with Crippen molar-refractivity contribution in [3.05, 3.63) is 21.9 Å². The van der Waals surface area contributed by atoms with Crippen LogP contribution >= 0.6 is 15.9 Å². The molecule has 0 aromatic heterocycles. The standard InChI is InChI=1S/C9H8BrFO4/c1-3(9(14)15)4-2-5(10)8(13)6(11)7(4)12/h2-3,12-13H,1H3,(H,14,15). The SMILES string of the molecule is CC(C(=O)O)c1cc(Br)c(O)c(F)c1O. The second-order valence-electron chi connectivity index (χ2n) is 3.02. The van der Waals surface area contributed by atoms with Crippen LogP contribution in [-0.4, -0.2) is 21.3 Å². The Morgan fingerprint density at radius 2 is 2.00 bits per heavy atom. The van der Waals surface area contributed by atoms with E-state index >= 15 is 0 Å². The third-order valence-corrected chi connectivity index (χ3v) is 2.64. The topological polar surface area (TPSA) is 77.8 Å². The van der Waals surface area contributed by atoms with Gasteiger partial charge in [-0.1, -0.05) is 0 Å². The molecule has 0 spiro atoms. The lowest BCUT2D eigenvalue weighted by molar-refractivity contribution is -0.138. The lowest BCUT2D eigenvalue weighted by Crippen LogP contribution is -2.08. The van der Waals surface area contributed by atoms with Crippen LogP contribution in [0.2, 0.25) is 0 Å². The molecule has 0 fully saturated rings. The van der Waals surface area contributed by atoms with E-state index in [-0.39, 0.29) is 10.0 Å². The van der Waals surface area contributed by atoms with Crippen LogP contribution < -0.4 is 0 Å². The lowest BCUT2D eigenvalue weighted by Gasteiger charge is -2.11. The van der Waals surface area contributed by atoms with Gasteiger partial charge in [0.15, 0.2) is 11.5 Å². The maximum Gasteiger partial charge on any atom is 0.310 e. The largest absolute Gasteiger partial charge is 0.505 e. The number of hydrogen-bond acceptors (Lipinski definition) is 3. The van der Waals surface area contributed by atoms with Crippen molar-refractivity contribution in [2.45, 2.75) is 12.8 Å². The van der Waals surface area contributed by atoms with Crippen LogP contribution in [0.25, 0.3) is 0 Å². The van der Waals surface area contributed by atoms with Gasteiger partial charge in [-0.3, -0.25) is 4.79 Å². The summed E-state index contributed by atoms with van der Waals surface area (Å²) in [5, 5.41) is 27.1. The van der Waals surface area contributed by atoms with Crippen molar-refractivity contribution in [2.24, 2.45) is 0 Å². The molecule has 1 unspecified atom stereocenters. The summed E-state index contributed by atoms with van der Waals surface area (Å²) < 4.78 is 13.2. The third-order valence-electron chi connectivity index (χ3n) is 2.03. The van der Waals surface area contributed by atoms with Gasteiger partial charge in [-0.05, 0) is 28.9 Å². The van der Waals surface area contributed by atoms with Gasteiger partial charge in [0.25, 0.3) is 0 Å². The number of hydrogen-bond donors (Lipinski definition) is 3. The zero-order chi connectivity index (χ0) is 11.7. The van der Waals surface area contributed by atoms with Crippen molar-refractivity contribution in [1.82, 2.24) is 0 Å². The summed E-state index contributed by atoms with van der Waals surface area (Å²) in [6.07, 6.45) is 0. The molecule has 0 heterocycles. The Balaban J connectivity index is 3.38. The van der Waals surface area contributed by atoms with E-state index in [1.807, 2.05) is 0 Å². The number of rotatable bonds is 2. The van der Waals surface area contributed by atoms with Crippen LogP contribution in [0.5, 0.6) is 11.5 Å². The first-order valence-electron chi connectivity index (χ1n) is 3.98. The van der Waals surface area contributed by atoms with Crippen LogP contribution in [0.15, 0.2) is 10.5 Å². The molecule has 82 valence electrons. The monoisotopic (exact) mass is 278 g/mol. The Labute approximate surface area is 93.1 Å². The summed E-state index contributed by atoms with van der Waals surface area (Å²) in [6.45, 7) is 1.31. The molecule has 15 heavy (non-hydrogen) atoms. The first-order valence-corrected chi connectivity index (χ1v) is 4.78. The summed E-state index contributed by atoms with van der Waals surface area (Å²) in [5.41, 5.74) is -0.0929. The number of carboxylic acids is 1. The summed E-state index contributed by atoms with van der Waals surface area (Å²) >= 11 is 2.85. The molecule has 1 atom stereocenters. The summed E-state index contributed by atoms with van der Waals surface area (Å²) in [5.74, 6) is -5.06. The highest BCUT2D eigenvalue weighted by Crippen LogP contribution is 2.38. The molecule has 0 aliphatic rings. The summed E-state index contributed by atoms with van der Waals surface area (Å²) in [7, 11) is 0. The second kappa shape index (κ2) is 4.06. The highest BCUT2D eigenvalue weighted by Gasteiger charge is 2.23. The average Bonchev–Trinajstić information content (AvgIpc) is 2.19. The van der Waals surface area contributed by atoms with Gasteiger partial charge in [-0.25, -0.2) is 0 Å². The molecule has 3 N–H and O–H groups in total. The first kappa shape index (κ1) is 11.8. The number of benzene rings is 1. The molecule has 0 saturated heterocycles. The number of carboxylic acid groups (broad SMARTS) is 1. The molecule has 0 amide bonds. The van der Waals surface area contributed by atoms with Crippen molar-refractivity contribution < 1.29 is 24.5 Å². The van der Waals surface area contributed by atoms with Gasteiger partial charge in [0, 0.05) is 5.56 Å². The van der Waals surface area contributed by atoms with Gasteiger partial charge >= 0.3 is 5.97 Å². The van der Waals surface area contributed by atoms with Gasteiger partial charge < -0.3 is 15.3 Å². The van der Waals surface area contributed by atoms with Crippen molar-refractivity contribution in [2.75, 3.05) is 0 Å². The first-order chi connectivity index (χ1) is 6.86. The number of halogens is 2. The van der Waals surface area contributed by atoms with Gasteiger partial charge in [-0.15, -0.1) is 0 Å². The van der Waals surface area contributed by atoms with E-state index < -0.39 is 29.2 Å². The minimum atomic E-state index is -1.23. The maximum atomic E-state index is 13.2. The van der Waals surface area contributed by atoms with Crippen molar-refractivity contribution in [1.29, 1.82) is 0 Å². The van der Waals surface area contributed by atoms with Crippen molar-refractivity contribution in [3.8, 4) is 11.5 Å². The van der Waals surface area contributed by atoms with E-state index in [0.717, 1.165) is 0 Å². The molecular weight excluding hydrogens is 271 g/mol. The molecule has 4 nitrogen and oxygen atoms in total. The van der Waals surface area contributed by atoms with Gasteiger partial charge in [0.2, 0.25) is 5.82 Å². The highest BCUT2D eigenvalue weighted by molar-refractivity contribution is 9.10. The number of aromatic hydroxyl groups is 2. The lowest BCUT2D eigenvalue weighted by atomic mass is 10.00. The molecular formula is C9H8BrFO4. The summed E-state index contributed by atoms with van der Waals surface area (Å²) in [4.78, 5) is 10.6. The zero-order valence-corrected chi connectivity index (χ0v) is 9.25. The molecule has 0 bridgehead atoms. The van der Waals surface area contributed by atoms with E-state index in [9.17, 15) is 14.3 Å². The Morgan fingerprint density at radius 3 is 2.47 bits per heavy atom. The quantitative estimate of drug-likeness (QED) is 0.775. The van der Waals surface area contributed by atoms with Crippen LogP contribution in [0, 0.1) is 5.82 Å². The smallest absolute Gasteiger partial charge is 0.310 e. The van der Waals surface area contributed by atoms with E-state index in [1.54, 1.807) is 0 Å². The zero-order valence-electron chi connectivity index (χ0n) is 7.66. The number of aliphatic carboxylic acids is 1. The fraction of sp³-hybridized carbons (Fsp3) is 0.222. The maximum absolute atomic E-state index is 13.2. The molecule has 1 rings (SSSR count). The van der Waals surface area contributed by atoms with E-state index in [1.165, 1.54) is 13.0 Å². The summed E-state index contributed by atoms with van der Waals surface area (Å²) in [6, 6.07) is 1.17. The van der Waals surface area contributed by atoms with Crippen molar-refractivity contribution >= 4 is 21.9 Å². The van der Waals surface area contributed by atoms with Gasteiger partial charge in [-0.2, -0.15) is 4.39 Å². The number of carbonyl (C=O) groups is 1. The van der Waals surface area contributed by atoms with Gasteiger partial charge in [0.1, 0.15) is 0 Å². The van der Waals surface area contributed by atoms with Crippen molar-refractivity contribution in [3.63, 3.8) is 0 Å². The molecule has 6 heteroatoms. The minimum absolute atomic E-state index is 0.000833. The predicted octanol–water partition coefficient (Wildman–Crippen LogP) is 2.19. The van der Waals surface area contributed by atoms with E-state index in [0.29, 0.717) is 0 Å². The minimum Gasteiger partial charge on any atom is -0.505 e. The fourth-order valence-corrected chi connectivity index (χ4v) is 1.50. The van der Waals surface area contributed by atoms with Crippen LogP contribution in [-0.2, 0) is 4.79 Å². The Morgan fingerprint density at radius 1 is 1.47 bits per heavy atom. The van der Waals surface area contributed by atoms with Crippen LogP contribution in [0.3, 0.4) is 0 Å².